The number of hydrogen-bond acceptors (Lipinski definition) is 5. The summed E-state index contributed by atoms with van der Waals surface area (Å²) >= 11 is 0. The minimum Gasteiger partial charge on any atom is -0.494 e. The summed E-state index contributed by atoms with van der Waals surface area (Å²) < 4.78 is 38.3. The number of benzene rings is 3. The van der Waals surface area contributed by atoms with Gasteiger partial charge in [-0.3, -0.25) is 9.10 Å². The molecule has 0 unspecified atom stereocenters. The molecule has 29 heavy (non-hydrogen) atoms. The molecule has 3 rings (SSSR count). The van der Waals surface area contributed by atoms with Crippen molar-refractivity contribution >= 4 is 32.5 Å². The Morgan fingerprint density at radius 1 is 0.897 bits per heavy atom. The Bertz CT molecular complexity index is 1090. The van der Waals surface area contributed by atoms with E-state index < -0.39 is 22.5 Å². The van der Waals surface area contributed by atoms with Gasteiger partial charge >= 0.3 is 5.97 Å². The molecule has 3 aromatic carbocycles. The standard InChI is InChI=1S/C22H23NO5S/c1-3-27-20-12-10-19(11-13-20)23(16-22(24)28-4-2)29(25,26)21-14-9-17-7-5-6-8-18(17)15-21/h5-15H,3-4,16H2,1-2H3. The van der Waals surface area contributed by atoms with Crippen LogP contribution in [0.1, 0.15) is 13.8 Å². The molecule has 0 saturated carbocycles. The van der Waals surface area contributed by atoms with E-state index in [4.69, 9.17) is 9.47 Å². The van der Waals surface area contributed by atoms with Crippen molar-refractivity contribution in [3.05, 3.63) is 66.7 Å². The maximum absolute atomic E-state index is 13.4. The normalized spacial score (nSPS) is 11.2. The van der Waals surface area contributed by atoms with E-state index in [1.165, 1.54) is 0 Å². The van der Waals surface area contributed by atoms with Gasteiger partial charge in [0, 0.05) is 0 Å². The van der Waals surface area contributed by atoms with Crippen LogP contribution in [0, 0.1) is 0 Å². The van der Waals surface area contributed by atoms with Crippen molar-refractivity contribution in [3.8, 4) is 5.75 Å². The molecule has 6 nitrogen and oxygen atoms in total. The number of anilines is 1. The Kier molecular flexibility index (Phi) is 6.39. The molecule has 0 aliphatic carbocycles. The predicted octanol–water partition coefficient (Wildman–Crippen LogP) is 4.00. The van der Waals surface area contributed by atoms with Crippen LogP contribution in [-0.2, 0) is 19.6 Å². The molecule has 0 saturated heterocycles. The minimum absolute atomic E-state index is 0.106. The first-order chi connectivity index (χ1) is 14.0. The molecule has 152 valence electrons. The summed E-state index contributed by atoms with van der Waals surface area (Å²) in [5, 5.41) is 1.74. The highest BCUT2D eigenvalue weighted by Crippen LogP contribution is 2.28. The van der Waals surface area contributed by atoms with E-state index in [0.717, 1.165) is 15.1 Å². The molecule has 0 fully saturated rings. The van der Waals surface area contributed by atoms with E-state index in [2.05, 4.69) is 0 Å². The van der Waals surface area contributed by atoms with E-state index in [9.17, 15) is 13.2 Å². The molecule has 0 N–H and O–H groups in total. The molecule has 0 bridgehead atoms. The third kappa shape index (κ3) is 4.68. The molecule has 0 aromatic heterocycles. The van der Waals surface area contributed by atoms with Crippen molar-refractivity contribution in [2.24, 2.45) is 0 Å². The molecule has 0 amide bonds. The lowest BCUT2D eigenvalue weighted by molar-refractivity contribution is -0.141. The fourth-order valence-corrected chi connectivity index (χ4v) is 4.41. The highest BCUT2D eigenvalue weighted by Gasteiger charge is 2.28. The summed E-state index contributed by atoms with van der Waals surface area (Å²) in [6.45, 7) is 3.80. The number of ether oxygens (including phenoxy) is 2. The average molecular weight is 413 g/mol. The molecule has 0 radical (unpaired) electrons. The van der Waals surface area contributed by atoms with Crippen molar-refractivity contribution < 1.29 is 22.7 Å². The number of fused-ring (bicyclic) bond motifs is 1. The molecule has 0 aliphatic heterocycles. The zero-order valence-corrected chi connectivity index (χ0v) is 17.2. The first-order valence-electron chi connectivity index (χ1n) is 9.35. The van der Waals surface area contributed by atoms with Gasteiger partial charge < -0.3 is 9.47 Å². The zero-order valence-electron chi connectivity index (χ0n) is 16.4. The average Bonchev–Trinajstić information content (AvgIpc) is 2.73. The summed E-state index contributed by atoms with van der Waals surface area (Å²) in [5.41, 5.74) is 0.356. The third-order valence-corrected chi connectivity index (χ3v) is 6.09. The molecule has 0 spiro atoms. The van der Waals surface area contributed by atoms with E-state index in [1.54, 1.807) is 49.4 Å². The summed E-state index contributed by atoms with van der Waals surface area (Å²) in [7, 11) is -3.99. The van der Waals surface area contributed by atoms with Crippen molar-refractivity contribution in [1.82, 2.24) is 0 Å². The van der Waals surface area contributed by atoms with Crippen molar-refractivity contribution in [2.45, 2.75) is 18.7 Å². The number of esters is 1. The number of carbonyl (C=O) groups excluding carboxylic acids is 1. The van der Waals surface area contributed by atoms with Crippen LogP contribution in [-0.4, -0.2) is 34.1 Å². The summed E-state index contributed by atoms with van der Waals surface area (Å²) in [6.07, 6.45) is 0. The number of nitrogens with zero attached hydrogens (tertiary/aromatic N) is 1. The van der Waals surface area contributed by atoms with Crippen LogP contribution in [0.5, 0.6) is 5.75 Å². The summed E-state index contributed by atoms with van der Waals surface area (Å²) in [6, 6.07) is 19.0. The number of rotatable bonds is 8. The van der Waals surface area contributed by atoms with E-state index in [0.29, 0.717) is 18.0 Å². The quantitative estimate of drug-likeness (QED) is 0.522. The van der Waals surface area contributed by atoms with Gasteiger partial charge in [0.15, 0.2) is 0 Å². The van der Waals surface area contributed by atoms with Crippen LogP contribution in [0.25, 0.3) is 10.8 Å². The maximum atomic E-state index is 13.4. The highest BCUT2D eigenvalue weighted by molar-refractivity contribution is 7.92. The summed E-state index contributed by atoms with van der Waals surface area (Å²) in [4.78, 5) is 12.2. The smallest absolute Gasteiger partial charge is 0.326 e. The van der Waals surface area contributed by atoms with Crippen LogP contribution in [0.4, 0.5) is 5.69 Å². The van der Waals surface area contributed by atoms with E-state index in [1.807, 2.05) is 31.2 Å². The Morgan fingerprint density at radius 2 is 1.59 bits per heavy atom. The van der Waals surface area contributed by atoms with E-state index >= 15 is 0 Å². The molecular formula is C22H23NO5S. The second-order valence-electron chi connectivity index (χ2n) is 6.25. The van der Waals surface area contributed by atoms with Gasteiger partial charge in [0.25, 0.3) is 10.0 Å². The van der Waals surface area contributed by atoms with E-state index in [-0.39, 0.29) is 11.5 Å². The Hall–Kier alpha value is -3.06. The van der Waals surface area contributed by atoms with Crippen LogP contribution >= 0.6 is 0 Å². The van der Waals surface area contributed by atoms with Gasteiger partial charge in [-0.2, -0.15) is 0 Å². The predicted molar refractivity (Wildman–Crippen MR) is 113 cm³/mol. The van der Waals surface area contributed by atoms with Crippen molar-refractivity contribution in [2.75, 3.05) is 24.1 Å². The lowest BCUT2D eigenvalue weighted by Crippen LogP contribution is -2.36. The Balaban J connectivity index is 2.03. The fraction of sp³-hybridized carbons (Fsp3) is 0.227. The molecule has 7 heteroatoms. The topological polar surface area (TPSA) is 72.9 Å². The Morgan fingerprint density at radius 3 is 2.24 bits per heavy atom. The van der Waals surface area contributed by atoms with Crippen molar-refractivity contribution in [3.63, 3.8) is 0 Å². The van der Waals surface area contributed by atoms with Crippen LogP contribution < -0.4 is 9.04 Å². The van der Waals surface area contributed by atoms with Gasteiger partial charge in [0.2, 0.25) is 0 Å². The van der Waals surface area contributed by atoms with Gasteiger partial charge in [-0.1, -0.05) is 30.3 Å². The monoisotopic (exact) mass is 413 g/mol. The highest BCUT2D eigenvalue weighted by atomic mass is 32.2. The van der Waals surface area contributed by atoms with Gasteiger partial charge in [-0.25, -0.2) is 8.42 Å². The second kappa shape index (κ2) is 8.96. The van der Waals surface area contributed by atoms with Crippen LogP contribution in [0.15, 0.2) is 71.6 Å². The van der Waals surface area contributed by atoms with Crippen LogP contribution in [0.3, 0.4) is 0 Å². The van der Waals surface area contributed by atoms with Gasteiger partial charge in [0.05, 0.1) is 23.8 Å². The number of sulfonamides is 1. The van der Waals surface area contributed by atoms with Crippen LogP contribution in [0.2, 0.25) is 0 Å². The largest absolute Gasteiger partial charge is 0.494 e. The third-order valence-electron chi connectivity index (χ3n) is 4.32. The van der Waals surface area contributed by atoms with Crippen molar-refractivity contribution in [1.29, 1.82) is 0 Å². The Labute approximate surface area is 170 Å². The fourth-order valence-electron chi connectivity index (χ4n) is 2.97. The first-order valence-corrected chi connectivity index (χ1v) is 10.8. The zero-order chi connectivity index (χ0) is 20.9. The summed E-state index contributed by atoms with van der Waals surface area (Å²) in [5.74, 6) is 0.00110. The lowest BCUT2D eigenvalue weighted by Gasteiger charge is -2.24. The van der Waals surface area contributed by atoms with Gasteiger partial charge in [-0.05, 0) is 61.0 Å². The molecule has 0 atom stereocenters. The number of hydrogen-bond donors (Lipinski definition) is 0. The SMILES string of the molecule is CCOC(=O)CN(c1ccc(OCC)cc1)S(=O)(=O)c1ccc2ccccc2c1. The minimum atomic E-state index is -3.99. The lowest BCUT2D eigenvalue weighted by atomic mass is 10.1. The van der Waals surface area contributed by atoms with Gasteiger partial charge in [0.1, 0.15) is 12.3 Å². The number of carbonyl (C=O) groups is 1. The van der Waals surface area contributed by atoms with Gasteiger partial charge in [-0.15, -0.1) is 0 Å². The molecule has 0 aliphatic rings. The maximum Gasteiger partial charge on any atom is 0.326 e. The molecular weight excluding hydrogens is 390 g/mol. The molecule has 3 aromatic rings. The molecule has 0 heterocycles. The second-order valence-corrected chi connectivity index (χ2v) is 8.11. The first kappa shape index (κ1) is 20.7.